The fourth-order valence-corrected chi connectivity index (χ4v) is 4.32. The summed E-state index contributed by atoms with van der Waals surface area (Å²) in [5.74, 6) is -0.0468. The van der Waals surface area contributed by atoms with Gasteiger partial charge in [-0.25, -0.2) is 8.42 Å². The molecule has 0 aliphatic rings. The monoisotopic (exact) mass is 382 g/mol. The summed E-state index contributed by atoms with van der Waals surface area (Å²) in [7, 11) is -5.46. The Morgan fingerprint density at radius 1 is 1.16 bits per heavy atom. The van der Waals surface area contributed by atoms with Crippen LogP contribution in [0.25, 0.3) is 5.69 Å². The number of para-hydroxylation sites is 1. The van der Waals surface area contributed by atoms with Gasteiger partial charge >= 0.3 is 0 Å². The molecule has 0 N–H and O–H groups in total. The highest BCUT2D eigenvalue weighted by atomic mass is 32.2. The normalized spacial score (nSPS) is 13.2. The molecule has 0 radical (unpaired) electrons. The Kier molecular flexibility index (Phi) is 5.80. The van der Waals surface area contributed by atoms with Gasteiger partial charge in [0.05, 0.1) is 11.4 Å². The molecule has 0 spiro atoms. The van der Waals surface area contributed by atoms with Gasteiger partial charge in [0.1, 0.15) is 0 Å². The van der Waals surface area contributed by atoms with E-state index in [-0.39, 0.29) is 15.9 Å². The summed E-state index contributed by atoms with van der Waals surface area (Å²) in [5.41, 5.74) is 0.614. The number of rotatable bonds is 7. The quantitative estimate of drug-likeness (QED) is 0.540. The van der Waals surface area contributed by atoms with E-state index in [1.54, 1.807) is 24.3 Å². The summed E-state index contributed by atoms with van der Waals surface area (Å²) in [6.07, 6.45) is 0.413. The molecule has 0 amide bonds. The molecule has 0 bridgehead atoms. The Hall–Kier alpha value is -1.58. The van der Waals surface area contributed by atoms with E-state index in [1.165, 1.54) is 4.68 Å². The predicted molar refractivity (Wildman–Crippen MR) is 99.0 cm³/mol. The standard InChI is InChI=1S/C16H26N4O3SSi/c1-16(2,3)25(4,5)23-12-9-13-24(21,22)15-17-18-19-20(15)14-10-7-6-8-11-14/h6-8,10-11H,9,12-13H2,1-5H3. The third-order valence-corrected chi connectivity index (χ3v) is 10.7. The zero-order valence-electron chi connectivity index (χ0n) is 15.4. The Labute approximate surface area is 150 Å². The molecule has 1 heterocycles. The molecule has 0 fully saturated rings. The minimum atomic E-state index is -3.59. The van der Waals surface area contributed by atoms with Crippen molar-refractivity contribution in [2.45, 2.75) is 50.5 Å². The first kappa shape index (κ1) is 19.7. The van der Waals surface area contributed by atoms with E-state index in [2.05, 4.69) is 49.4 Å². The fraction of sp³-hybridized carbons (Fsp3) is 0.562. The Morgan fingerprint density at radius 3 is 2.40 bits per heavy atom. The van der Waals surface area contributed by atoms with Crippen LogP contribution in [0.2, 0.25) is 18.1 Å². The van der Waals surface area contributed by atoms with Crippen LogP contribution < -0.4 is 0 Å². The Balaban J connectivity index is 2.03. The van der Waals surface area contributed by atoms with E-state index >= 15 is 0 Å². The van der Waals surface area contributed by atoms with Crippen molar-refractivity contribution in [2.75, 3.05) is 12.4 Å². The molecule has 7 nitrogen and oxygen atoms in total. The molecule has 0 saturated heterocycles. The highest BCUT2D eigenvalue weighted by Crippen LogP contribution is 2.36. The van der Waals surface area contributed by atoms with Crippen molar-refractivity contribution in [2.24, 2.45) is 0 Å². The van der Waals surface area contributed by atoms with Gasteiger partial charge in [0, 0.05) is 6.61 Å². The van der Waals surface area contributed by atoms with Crippen molar-refractivity contribution in [3.63, 3.8) is 0 Å². The Bertz CT molecular complexity index is 798. The van der Waals surface area contributed by atoms with Gasteiger partial charge in [-0.2, -0.15) is 4.68 Å². The van der Waals surface area contributed by atoms with Gasteiger partial charge in [0.25, 0.3) is 5.16 Å². The summed E-state index contributed by atoms with van der Waals surface area (Å²) in [6.45, 7) is 11.2. The van der Waals surface area contributed by atoms with Crippen LogP contribution in [0.1, 0.15) is 27.2 Å². The van der Waals surface area contributed by atoms with Gasteiger partial charge in [-0.05, 0) is 47.1 Å². The summed E-state index contributed by atoms with van der Waals surface area (Å²) >= 11 is 0. The van der Waals surface area contributed by atoms with Gasteiger partial charge < -0.3 is 4.43 Å². The maximum Gasteiger partial charge on any atom is 0.272 e. The van der Waals surface area contributed by atoms with Crippen LogP contribution in [-0.2, 0) is 14.3 Å². The molecule has 138 valence electrons. The molecule has 0 saturated carbocycles. The molecule has 9 heteroatoms. The van der Waals surface area contributed by atoms with Crippen LogP contribution in [0.3, 0.4) is 0 Å². The van der Waals surface area contributed by atoms with E-state index in [4.69, 9.17) is 4.43 Å². The third-order valence-electron chi connectivity index (χ3n) is 4.55. The molecule has 25 heavy (non-hydrogen) atoms. The van der Waals surface area contributed by atoms with Gasteiger partial charge in [-0.3, -0.25) is 0 Å². The van der Waals surface area contributed by atoms with Crippen molar-refractivity contribution >= 4 is 18.2 Å². The molecule has 0 atom stereocenters. The largest absolute Gasteiger partial charge is 0.417 e. The lowest BCUT2D eigenvalue weighted by Gasteiger charge is -2.36. The van der Waals surface area contributed by atoms with Crippen molar-refractivity contribution < 1.29 is 12.8 Å². The number of tetrazole rings is 1. The van der Waals surface area contributed by atoms with Crippen LogP contribution in [0.5, 0.6) is 0 Å². The molecule has 0 unspecified atom stereocenters. The van der Waals surface area contributed by atoms with Crippen molar-refractivity contribution in [3.8, 4) is 5.69 Å². The average Bonchev–Trinajstić information content (AvgIpc) is 3.02. The molecule has 0 aliphatic carbocycles. The topological polar surface area (TPSA) is 87.0 Å². The molecule has 0 aliphatic heterocycles. The fourth-order valence-electron chi connectivity index (χ4n) is 1.99. The first-order valence-corrected chi connectivity index (χ1v) is 12.8. The maximum absolute atomic E-state index is 12.6. The second-order valence-corrected chi connectivity index (χ2v) is 14.3. The third kappa shape index (κ3) is 4.74. The molecular weight excluding hydrogens is 356 g/mol. The predicted octanol–water partition coefficient (Wildman–Crippen LogP) is 2.85. The van der Waals surface area contributed by atoms with E-state index in [0.717, 1.165) is 0 Å². The number of sulfone groups is 1. The van der Waals surface area contributed by atoms with E-state index in [9.17, 15) is 8.42 Å². The van der Waals surface area contributed by atoms with Crippen LogP contribution >= 0.6 is 0 Å². The van der Waals surface area contributed by atoms with Gasteiger partial charge in [-0.15, -0.1) is 0 Å². The van der Waals surface area contributed by atoms with Crippen LogP contribution in [0.4, 0.5) is 0 Å². The summed E-state index contributed by atoms with van der Waals surface area (Å²) in [6, 6.07) is 8.98. The lowest BCUT2D eigenvalue weighted by molar-refractivity contribution is 0.288. The van der Waals surface area contributed by atoms with E-state index < -0.39 is 18.2 Å². The van der Waals surface area contributed by atoms with Gasteiger partial charge in [0.15, 0.2) is 8.32 Å². The first-order valence-electron chi connectivity index (χ1n) is 8.25. The molecular formula is C16H26N4O3SSi. The van der Waals surface area contributed by atoms with E-state index in [1.807, 2.05) is 6.07 Å². The number of hydrogen-bond acceptors (Lipinski definition) is 6. The lowest BCUT2D eigenvalue weighted by atomic mass is 10.2. The minimum Gasteiger partial charge on any atom is -0.417 e. The highest BCUT2D eigenvalue weighted by molar-refractivity contribution is 7.91. The maximum atomic E-state index is 12.6. The smallest absolute Gasteiger partial charge is 0.272 e. The SMILES string of the molecule is CC(C)(C)[Si](C)(C)OCCCS(=O)(=O)c1nnnn1-c1ccccc1. The summed E-state index contributed by atoms with van der Waals surface area (Å²) < 4.78 is 32.5. The van der Waals surface area contributed by atoms with E-state index in [0.29, 0.717) is 18.7 Å². The number of nitrogens with zero attached hydrogens (tertiary/aromatic N) is 4. The number of benzene rings is 1. The molecule has 2 rings (SSSR count). The minimum absolute atomic E-state index is 0.0468. The lowest BCUT2D eigenvalue weighted by Crippen LogP contribution is -2.41. The van der Waals surface area contributed by atoms with Crippen LogP contribution in [-0.4, -0.2) is 49.3 Å². The molecule has 1 aromatic carbocycles. The van der Waals surface area contributed by atoms with Crippen molar-refractivity contribution in [1.29, 1.82) is 0 Å². The molecule has 1 aromatic heterocycles. The second kappa shape index (κ2) is 7.34. The number of hydrogen-bond donors (Lipinski definition) is 0. The second-order valence-electron chi connectivity index (χ2n) is 7.49. The van der Waals surface area contributed by atoms with Crippen LogP contribution in [0, 0.1) is 0 Å². The summed E-state index contributed by atoms with van der Waals surface area (Å²) in [5, 5.41) is 11.0. The molecule has 2 aromatic rings. The highest BCUT2D eigenvalue weighted by Gasteiger charge is 2.37. The first-order chi connectivity index (χ1) is 11.5. The Morgan fingerprint density at radius 2 is 1.80 bits per heavy atom. The zero-order valence-corrected chi connectivity index (χ0v) is 17.2. The number of aromatic nitrogens is 4. The average molecular weight is 383 g/mol. The zero-order chi connectivity index (χ0) is 18.7. The van der Waals surface area contributed by atoms with Gasteiger partial charge in [-0.1, -0.05) is 44.1 Å². The van der Waals surface area contributed by atoms with Crippen molar-refractivity contribution in [3.05, 3.63) is 30.3 Å². The van der Waals surface area contributed by atoms with Crippen LogP contribution in [0.15, 0.2) is 35.5 Å². The van der Waals surface area contributed by atoms with Crippen molar-refractivity contribution in [1.82, 2.24) is 20.2 Å². The van der Waals surface area contributed by atoms with Gasteiger partial charge in [0.2, 0.25) is 9.84 Å². The summed E-state index contributed by atoms with van der Waals surface area (Å²) in [4.78, 5) is 0.